The molecule has 2 aromatic rings. The van der Waals surface area contributed by atoms with Gasteiger partial charge in [-0.25, -0.2) is 0 Å². The number of aryl methyl sites for hydroxylation is 2. The molecule has 0 fully saturated rings. The summed E-state index contributed by atoms with van der Waals surface area (Å²) in [7, 11) is -2.45. The van der Waals surface area contributed by atoms with Crippen LogP contribution in [-0.2, 0) is 21.8 Å². The van der Waals surface area contributed by atoms with Crippen LogP contribution in [0.5, 0.6) is 0 Å². The van der Waals surface area contributed by atoms with E-state index in [4.69, 9.17) is 4.52 Å². The van der Waals surface area contributed by atoms with Gasteiger partial charge in [-0.15, -0.1) is 0 Å². The van der Waals surface area contributed by atoms with Gasteiger partial charge in [0.05, 0.1) is 6.10 Å². The second-order valence-corrected chi connectivity index (χ2v) is 11.6. The maximum Gasteiger partial charge on any atom is 0.327 e. The predicted molar refractivity (Wildman–Crippen MR) is 127 cm³/mol. The highest BCUT2D eigenvalue weighted by molar-refractivity contribution is 7.39. The summed E-state index contributed by atoms with van der Waals surface area (Å²) >= 11 is 0. The van der Waals surface area contributed by atoms with Gasteiger partial charge >= 0.3 is 8.60 Å². The van der Waals surface area contributed by atoms with Crippen molar-refractivity contribution in [3.05, 3.63) is 56.6 Å². The normalized spacial score (nSPS) is 16.6. The maximum absolute atomic E-state index is 9.82. The van der Waals surface area contributed by atoms with E-state index in [0.717, 1.165) is 5.56 Å². The summed E-state index contributed by atoms with van der Waals surface area (Å²) in [5.41, 5.74) is 12.5. The first-order chi connectivity index (χ1) is 13.6. The lowest BCUT2D eigenvalue weighted by Gasteiger charge is -2.39. The van der Waals surface area contributed by atoms with E-state index in [0.29, 0.717) is 6.42 Å². The van der Waals surface area contributed by atoms with E-state index < -0.39 is 8.60 Å². The van der Waals surface area contributed by atoms with Crippen molar-refractivity contribution in [2.45, 2.75) is 92.6 Å². The van der Waals surface area contributed by atoms with E-state index in [1.807, 2.05) is 0 Å². The molecule has 1 atom stereocenters. The summed E-state index contributed by atoms with van der Waals surface area (Å²) in [6.45, 7) is 22.2. The van der Waals surface area contributed by atoms with Crippen molar-refractivity contribution in [2.24, 2.45) is 0 Å². The minimum Gasteiger partial charge on any atom is -0.328 e. The molecule has 0 aliphatic heterocycles. The SMILES string of the molecule is Cc1cc(C(C)(C)C)c2c(c1C)-c1c(C)c(C)cc(C(C)(C)C)c1[C@H](OP(O)O)C2. The molecule has 3 nitrogen and oxygen atoms in total. The summed E-state index contributed by atoms with van der Waals surface area (Å²) in [4.78, 5) is 19.6. The highest BCUT2D eigenvalue weighted by Crippen LogP contribution is 2.53. The van der Waals surface area contributed by atoms with Gasteiger partial charge in [0.25, 0.3) is 0 Å². The van der Waals surface area contributed by atoms with Crippen LogP contribution in [0.25, 0.3) is 11.1 Å². The van der Waals surface area contributed by atoms with E-state index >= 15 is 0 Å². The highest BCUT2D eigenvalue weighted by atomic mass is 31.2. The van der Waals surface area contributed by atoms with Crippen LogP contribution in [0.1, 0.15) is 92.2 Å². The fraction of sp³-hybridized carbons (Fsp3) is 0.538. The second kappa shape index (κ2) is 7.71. The van der Waals surface area contributed by atoms with E-state index in [1.54, 1.807) is 0 Å². The van der Waals surface area contributed by atoms with Crippen LogP contribution in [0.2, 0.25) is 0 Å². The molecular weight excluding hydrogens is 391 g/mol. The Labute approximate surface area is 183 Å². The molecule has 0 heterocycles. The quantitative estimate of drug-likeness (QED) is 0.506. The molecule has 3 rings (SSSR count). The van der Waals surface area contributed by atoms with Crippen LogP contribution in [0, 0.1) is 27.7 Å². The Morgan fingerprint density at radius 3 is 1.73 bits per heavy atom. The molecule has 0 unspecified atom stereocenters. The standard InChI is InChI=1S/C26H37O3P/c1-14-11-19(25(5,6)7)18-13-21(29-30(27)28)24-20(26(8,9)10)12-15(2)17(4)23(24)22(18)16(14)3/h11-12,21,27-28H,13H2,1-10H3/t21-/m1/s1. The molecule has 0 saturated heterocycles. The van der Waals surface area contributed by atoms with Gasteiger partial charge < -0.3 is 14.3 Å². The number of benzene rings is 2. The number of fused-ring (bicyclic) bond motifs is 3. The van der Waals surface area contributed by atoms with Gasteiger partial charge in [0.15, 0.2) is 0 Å². The van der Waals surface area contributed by atoms with E-state index in [9.17, 15) is 9.79 Å². The molecule has 2 aromatic carbocycles. The zero-order chi connectivity index (χ0) is 22.8. The molecule has 1 aliphatic rings. The lowest BCUT2D eigenvalue weighted by Crippen LogP contribution is -2.26. The Hall–Kier alpha value is -1.25. The molecule has 30 heavy (non-hydrogen) atoms. The Morgan fingerprint density at radius 2 is 1.27 bits per heavy atom. The minimum atomic E-state index is -2.45. The topological polar surface area (TPSA) is 49.7 Å². The van der Waals surface area contributed by atoms with Crippen molar-refractivity contribution in [2.75, 3.05) is 0 Å². The third kappa shape index (κ3) is 3.98. The Kier molecular flexibility index (Phi) is 6.02. The van der Waals surface area contributed by atoms with Crippen molar-refractivity contribution in [3.8, 4) is 11.1 Å². The van der Waals surface area contributed by atoms with E-state index in [1.165, 1.54) is 50.1 Å². The summed E-state index contributed by atoms with van der Waals surface area (Å²) in [6, 6.07) is 4.58. The van der Waals surface area contributed by atoms with Crippen LogP contribution in [0.15, 0.2) is 12.1 Å². The fourth-order valence-corrected chi connectivity index (χ4v) is 5.30. The van der Waals surface area contributed by atoms with Gasteiger partial charge in [0.1, 0.15) is 0 Å². The summed E-state index contributed by atoms with van der Waals surface area (Å²) in [6.07, 6.45) is 0.284. The summed E-state index contributed by atoms with van der Waals surface area (Å²) < 4.78 is 5.82. The molecule has 164 valence electrons. The molecule has 0 aromatic heterocycles. The van der Waals surface area contributed by atoms with Crippen LogP contribution in [0.4, 0.5) is 0 Å². The average Bonchev–Trinajstić information content (AvgIpc) is 2.58. The lowest BCUT2D eigenvalue weighted by atomic mass is 9.68. The zero-order valence-corrected chi connectivity index (χ0v) is 21.1. The molecule has 0 radical (unpaired) electrons. The van der Waals surface area contributed by atoms with Gasteiger partial charge in [-0.1, -0.05) is 53.7 Å². The van der Waals surface area contributed by atoms with E-state index in [-0.39, 0.29) is 16.9 Å². The van der Waals surface area contributed by atoms with Crippen molar-refractivity contribution >= 4 is 8.60 Å². The van der Waals surface area contributed by atoms with E-state index in [2.05, 4.69) is 81.4 Å². The van der Waals surface area contributed by atoms with Crippen LogP contribution < -0.4 is 0 Å². The molecule has 0 bridgehead atoms. The third-order valence-corrected chi connectivity index (χ3v) is 7.08. The molecule has 1 aliphatic carbocycles. The predicted octanol–water partition coefficient (Wildman–Crippen LogP) is 7.01. The van der Waals surface area contributed by atoms with Gasteiger partial charge in [-0.2, -0.15) is 0 Å². The smallest absolute Gasteiger partial charge is 0.327 e. The molecule has 0 saturated carbocycles. The molecular formula is C26H37O3P. The van der Waals surface area contributed by atoms with Crippen LogP contribution in [-0.4, -0.2) is 9.79 Å². The molecule has 4 heteroatoms. The largest absolute Gasteiger partial charge is 0.328 e. The van der Waals surface area contributed by atoms with Gasteiger partial charge in [0.2, 0.25) is 0 Å². The molecule has 2 N–H and O–H groups in total. The summed E-state index contributed by atoms with van der Waals surface area (Å²) in [5, 5.41) is 0. The zero-order valence-electron chi connectivity index (χ0n) is 20.2. The Morgan fingerprint density at radius 1 is 0.800 bits per heavy atom. The average molecular weight is 429 g/mol. The number of hydrogen-bond acceptors (Lipinski definition) is 3. The van der Waals surface area contributed by atoms with Crippen LogP contribution >= 0.6 is 8.60 Å². The number of rotatable bonds is 2. The second-order valence-electron chi connectivity index (χ2n) is 10.9. The first kappa shape index (κ1) is 23.4. The Bertz CT molecular complexity index is 991. The first-order valence-corrected chi connectivity index (χ1v) is 11.9. The third-order valence-electron chi connectivity index (χ3n) is 6.64. The lowest BCUT2D eigenvalue weighted by molar-refractivity contribution is 0.169. The summed E-state index contributed by atoms with van der Waals surface area (Å²) in [5.74, 6) is 0. The van der Waals surface area contributed by atoms with Gasteiger partial charge in [0, 0.05) is 6.42 Å². The number of hydrogen-bond donors (Lipinski definition) is 2. The molecule has 0 spiro atoms. The Balaban J connectivity index is 2.53. The molecule has 0 amide bonds. The fourth-order valence-electron chi connectivity index (χ4n) is 4.89. The van der Waals surface area contributed by atoms with Crippen molar-refractivity contribution < 1.29 is 14.3 Å². The van der Waals surface area contributed by atoms with Crippen molar-refractivity contribution in [3.63, 3.8) is 0 Å². The highest BCUT2D eigenvalue weighted by Gasteiger charge is 2.37. The minimum absolute atomic E-state index is 0.0155. The monoisotopic (exact) mass is 428 g/mol. The van der Waals surface area contributed by atoms with Crippen LogP contribution in [0.3, 0.4) is 0 Å². The maximum atomic E-state index is 9.82. The first-order valence-electron chi connectivity index (χ1n) is 10.8. The van der Waals surface area contributed by atoms with Crippen molar-refractivity contribution in [1.29, 1.82) is 0 Å². The van der Waals surface area contributed by atoms with Gasteiger partial charge in [-0.05, 0) is 94.2 Å². The van der Waals surface area contributed by atoms with Gasteiger partial charge in [-0.3, -0.25) is 0 Å². The van der Waals surface area contributed by atoms with Crippen molar-refractivity contribution in [1.82, 2.24) is 0 Å².